The molecule has 4 heteroatoms. The minimum atomic E-state index is -1.03. The maximum atomic E-state index is 11.1. The largest absolute Gasteiger partial charge is 0.387 e. The van der Waals surface area contributed by atoms with Gasteiger partial charge in [0.2, 0.25) is 5.78 Å². The van der Waals surface area contributed by atoms with E-state index in [1.54, 1.807) is 0 Å². The lowest BCUT2D eigenvalue weighted by atomic mass is 10.1. The fraction of sp³-hybridized carbons (Fsp3) is 0.727. The van der Waals surface area contributed by atoms with Crippen molar-refractivity contribution in [2.24, 2.45) is 11.8 Å². The molecule has 0 saturated carbocycles. The predicted molar refractivity (Wildman–Crippen MR) is 55.0 cm³/mol. The van der Waals surface area contributed by atoms with Gasteiger partial charge in [-0.15, -0.1) is 0 Å². The quantitative estimate of drug-likeness (QED) is 0.397. The van der Waals surface area contributed by atoms with Gasteiger partial charge in [0, 0.05) is 12.8 Å². The van der Waals surface area contributed by atoms with Crippen molar-refractivity contribution in [3.05, 3.63) is 0 Å². The van der Waals surface area contributed by atoms with Gasteiger partial charge in [0.15, 0.2) is 0 Å². The van der Waals surface area contributed by atoms with E-state index in [1.807, 2.05) is 27.7 Å². The fourth-order valence-electron chi connectivity index (χ4n) is 0.989. The van der Waals surface area contributed by atoms with Gasteiger partial charge in [0.25, 0.3) is 0 Å². The first-order chi connectivity index (χ1) is 6.82. The molecule has 0 saturated heterocycles. The van der Waals surface area contributed by atoms with Crippen LogP contribution in [-0.2, 0) is 19.1 Å². The molecule has 0 aliphatic carbocycles. The Balaban J connectivity index is 4.02. The van der Waals surface area contributed by atoms with E-state index in [-0.39, 0.29) is 24.7 Å². The summed E-state index contributed by atoms with van der Waals surface area (Å²) in [5.41, 5.74) is 0. The van der Waals surface area contributed by atoms with Crippen LogP contribution in [0.1, 0.15) is 40.5 Å². The number of rotatable bonds is 5. The monoisotopic (exact) mass is 214 g/mol. The summed E-state index contributed by atoms with van der Waals surface area (Å²) in [6, 6.07) is 0. The molecule has 0 spiro atoms. The summed E-state index contributed by atoms with van der Waals surface area (Å²) in [6.07, 6.45) is 0.272. The van der Waals surface area contributed by atoms with Crippen molar-refractivity contribution in [3.8, 4) is 0 Å². The van der Waals surface area contributed by atoms with Crippen molar-refractivity contribution in [1.82, 2.24) is 0 Å². The minimum absolute atomic E-state index is 0.0882. The Hall–Kier alpha value is -1.19. The third kappa shape index (κ3) is 6.82. The number of carbonyl (C=O) groups excluding carboxylic acids is 3. The molecular weight excluding hydrogens is 196 g/mol. The van der Waals surface area contributed by atoms with Crippen LogP contribution in [-0.4, -0.2) is 17.7 Å². The highest BCUT2D eigenvalue weighted by Gasteiger charge is 2.20. The van der Waals surface area contributed by atoms with Crippen LogP contribution >= 0.6 is 0 Å². The molecule has 0 atom stereocenters. The Morgan fingerprint density at radius 2 is 1.40 bits per heavy atom. The molecule has 0 aromatic carbocycles. The first-order valence-electron chi connectivity index (χ1n) is 5.10. The first-order valence-corrected chi connectivity index (χ1v) is 5.10. The second-order valence-corrected chi connectivity index (χ2v) is 4.38. The van der Waals surface area contributed by atoms with Crippen LogP contribution in [0.3, 0.4) is 0 Å². The SMILES string of the molecule is CC(C)CC(=O)OC(=O)C(=O)CC(C)C. The molecule has 0 fully saturated rings. The summed E-state index contributed by atoms with van der Waals surface area (Å²) in [6.45, 7) is 7.31. The van der Waals surface area contributed by atoms with Gasteiger partial charge in [-0.2, -0.15) is 0 Å². The van der Waals surface area contributed by atoms with Gasteiger partial charge in [0.05, 0.1) is 0 Å². The van der Waals surface area contributed by atoms with Crippen LogP contribution in [0.5, 0.6) is 0 Å². The lowest BCUT2D eigenvalue weighted by Crippen LogP contribution is -2.23. The van der Waals surface area contributed by atoms with Crippen LogP contribution in [0.4, 0.5) is 0 Å². The van der Waals surface area contributed by atoms with Gasteiger partial charge in [-0.05, 0) is 11.8 Å². The van der Waals surface area contributed by atoms with Gasteiger partial charge < -0.3 is 4.74 Å². The van der Waals surface area contributed by atoms with Gasteiger partial charge >= 0.3 is 11.9 Å². The minimum Gasteiger partial charge on any atom is -0.387 e. The van der Waals surface area contributed by atoms with Crippen molar-refractivity contribution in [1.29, 1.82) is 0 Å². The highest BCUT2D eigenvalue weighted by atomic mass is 16.6. The molecule has 0 aliphatic rings. The molecule has 86 valence electrons. The number of hydrogen-bond donors (Lipinski definition) is 0. The van der Waals surface area contributed by atoms with E-state index < -0.39 is 17.7 Å². The first kappa shape index (κ1) is 13.8. The summed E-state index contributed by atoms with van der Waals surface area (Å²) in [5.74, 6) is -2.10. The molecule has 0 N–H and O–H groups in total. The van der Waals surface area contributed by atoms with Crippen molar-refractivity contribution in [2.45, 2.75) is 40.5 Å². The maximum absolute atomic E-state index is 11.1. The van der Waals surface area contributed by atoms with E-state index in [0.717, 1.165) is 0 Å². The second kappa shape index (κ2) is 6.32. The topological polar surface area (TPSA) is 60.4 Å². The van der Waals surface area contributed by atoms with Crippen LogP contribution in [0.25, 0.3) is 0 Å². The molecule has 4 nitrogen and oxygen atoms in total. The molecule has 0 radical (unpaired) electrons. The number of esters is 2. The van der Waals surface area contributed by atoms with Gasteiger partial charge in [0.1, 0.15) is 0 Å². The number of carbonyl (C=O) groups is 3. The zero-order valence-electron chi connectivity index (χ0n) is 9.70. The van der Waals surface area contributed by atoms with E-state index in [0.29, 0.717) is 0 Å². The average molecular weight is 214 g/mol. The molecule has 0 heterocycles. The second-order valence-electron chi connectivity index (χ2n) is 4.38. The molecule has 15 heavy (non-hydrogen) atoms. The Kier molecular flexibility index (Phi) is 5.82. The van der Waals surface area contributed by atoms with Crippen LogP contribution < -0.4 is 0 Å². The summed E-state index contributed by atoms with van der Waals surface area (Å²) < 4.78 is 4.40. The average Bonchev–Trinajstić information content (AvgIpc) is 2.00. The summed E-state index contributed by atoms with van der Waals surface area (Å²) in [4.78, 5) is 33.3. The van der Waals surface area contributed by atoms with Gasteiger partial charge in [-0.3, -0.25) is 9.59 Å². The lowest BCUT2D eigenvalue weighted by Gasteiger charge is -2.05. The van der Waals surface area contributed by atoms with E-state index in [4.69, 9.17) is 0 Å². The van der Waals surface area contributed by atoms with E-state index in [1.165, 1.54) is 0 Å². The van der Waals surface area contributed by atoms with Crippen molar-refractivity contribution >= 4 is 17.7 Å². The smallest absolute Gasteiger partial charge is 0.382 e. The summed E-state index contributed by atoms with van der Waals surface area (Å²) >= 11 is 0. The maximum Gasteiger partial charge on any atom is 0.382 e. The zero-order valence-corrected chi connectivity index (χ0v) is 9.70. The Morgan fingerprint density at radius 1 is 0.933 bits per heavy atom. The van der Waals surface area contributed by atoms with Gasteiger partial charge in [-0.1, -0.05) is 27.7 Å². The normalized spacial score (nSPS) is 10.5. The van der Waals surface area contributed by atoms with Gasteiger partial charge in [-0.25, -0.2) is 4.79 Å². The molecule has 0 aromatic heterocycles. The van der Waals surface area contributed by atoms with Crippen molar-refractivity contribution in [3.63, 3.8) is 0 Å². The highest BCUT2D eigenvalue weighted by Crippen LogP contribution is 2.04. The third-order valence-corrected chi connectivity index (χ3v) is 1.60. The van der Waals surface area contributed by atoms with Crippen LogP contribution in [0.2, 0.25) is 0 Å². The van der Waals surface area contributed by atoms with Crippen molar-refractivity contribution in [2.75, 3.05) is 0 Å². The van der Waals surface area contributed by atoms with Crippen molar-refractivity contribution < 1.29 is 19.1 Å². The highest BCUT2D eigenvalue weighted by molar-refractivity contribution is 6.35. The fourth-order valence-corrected chi connectivity index (χ4v) is 0.989. The molecular formula is C11H18O4. The molecule has 0 aliphatic heterocycles. The predicted octanol–water partition coefficient (Wildman–Crippen LogP) is 1.72. The van der Waals surface area contributed by atoms with Crippen LogP contribution in [0.15, 0.2) is 0 Å². The zero-order chi connectivity index (χ0) is 12.0. The summed E-state index contributed by atoms with van der Waals surface area (Å²) in [5, 5.41) is 0. The molecule has 0 rings (SSSR count). The van der Waals surface area contributed by atoms with E-state index >= 15 is 0 Å². The van der Waals surface area contributed by atoms with E-state index in [2.05, 4.69) is 4.74 Å². The number of Topliss-reactive ketones (excluding diaryl/α,β-unsaturated/α-hetero) is 1. The van der Waals surface area contributed by atoms with Crippen LogP contribution in [0, 0.1) is 11.8 Å². The third-order valence-electron chi connectivity index (χ3n) is 1.60. The number of hydrogen-bond acceptors (Lipinski definition) is 4. The molecule has 0 unspecified atom stereocenters. The molecule has 0 aromatic rings. The Morgan fingerprint density at radius 3 is 1.80 bits per heavy atom. The number of ether oxygens (including phenoxy) is 1. The Labute approximate surface area is 90.0 Å². The molecule has 0 amide bonds. The Bertz CT molecular complexity index is 253. The lowest BCUT2D eigenvalue weighted by molar-refractivity contribution is -0.164. The number of ketones is 1. The summed E-state index contributed by atoms with van der Waals surface area (Å²) in [7, 11) is 0. The standard InChI is InChI=1S/C11H18O4/c1-7(2)5-9(12)11(14)15-10(13)6-8(3)4/h7-8H,5-6H2,1-4H3. The van der Waals surface area contributed by atoms with E-state index in [9.17, 15) is 14.4 Å². The molecule has 0 bridgehead atoms.